The molecule has 2 aliphatic carbocycles. The molecule has 0 saturated carbocycles. The van der Waals surface area contributed by atoms with E-state index >= 15 is 0 Å². The van der Waals surface area contributed by atoms with Gasteiger partial charge < -0.3 is 4.90 Å². The zero-order chi connectivity index (χ0) is 40.0. The summed E-state index contributed by atoms with van der Waals surface area (Å²) in [5.41, 5.74) is 23.5. The molecule has 9 rings (SSSR count). The van der Waals surface area contributed by atoms with E-state index in [9.17, 15) is 0 Å². The third-order valence-corrected chi connectivity index (χ3v) is 12.5. The first-order valence-corrected chi connectivity index (χ1v) is 20.5. The van der Waals surface area contributed by atoms with Crippen LogP contribution in [0, 0.1) is 13.8 Å². The van der Waals surface area contributed by atoms with E-state index in [-0.39, 0.29) is 5.41 Å². The number of allylic oxidation sites excluding steroid dienone is 12. The zero-order valence-electron chi connectivity index (χ0n) is 34.2. The lowest BCUT2D eigenvalue weighted by Gasteiger charge is -2.32. The van der Waals surface area contributed by atoms with Gasteiger partial charge in [-0.2, -0.15) is 0 Å². The normalized spacial score (nSPS) is 19.6. The smallest absolute Gasteiger partial charge is 0.0510 e. The summed E-state index contributed by atoms with van der Waals surface area (Å²) in [6.07, 6.45) is 18.5. The van der Waals surface area contributed by atoms with Crippen LogP contribution >= 0.6 is 0 Å². The Morgan fingerprint density at radius 3 is 1.95 bits per heavy atom. The van der Waals surface area contributed by atoms with Crippen molar-refractivity contribution in [1.82, 2.24) is 0 Å². The van der Waals surface area contributed by atoms with Gasteiger partial charge in [0.25, 0.3) is 0 Å². The van der Waals surface area contributed by atoms with E-state index in [1.54, 1.807) is 0 Å². The predicted molar refractivity (Wildman–Crippen MR) is 248 cm³/mol. The standard InChI is InChI=1S/C57H49N/c1-7-16-41(8-2)42(9-3)29-34-56-40(6)24-26-45-37-57(53-21-14-12-19-49(45)53)54-22-15-13-20-50(54)51-33-32-47(36-55(51)57)58(56)46-30-27-43(28-31-46)44-25-23-39(5)52(35-44)48-18-11-10-17-38(48)4/h7-36H,3,37H2,1-2,4-6H3/b16-7-,40-24+,41-8+,42-29+,45-26+,56-34+. The van der Waals surface area contributed by atoms with Gasteiger partial charge in [-0.25, -0.2) is 0 Å². The minimum absolute atomic E-state index is 0.265. The van der Waals surface area contributed by atoms with Gasteiger partial charge in [-0.3, -0.25) is 0 Å². The fraction of sp³-hybridized carbons (Fsp3) is 0.123. The van der Waals surface area contributed by atoms with E-state index in [0.717, 1.165) is 34.6 Å². The van der Waals surface area contributed by atoms with Crippen molar-refractivity contribution in [2.75, 3.05) is 4.90 Å². The molecule has 6 aromatic carbocycles. The Hall–Kier alpha value is -6.70. The first-order chi connectivity index (χ1) is 28.4. The number of hydrogen-bond donors (Lipinski definition) is 0. The Bertz CT molecular complexity index is 2810. The molecule has 0 amide bonds. The van der Waals surface area contributed by atoms with E-state index in [1.165, 1.54) is 77.9 Å². The fourth-order valence-electron chi connectivity index (χ4n) is 9.62. The first kappa shape index (κ1) is 36.9. The minimum Gasteiger partial charge on any atom is -0.310 e. The van der Waals surface area contributed by atoms with Crippen molar-refractivity contribution in [3.63, 3.8) is 0 Å². The lowest BCUT2D eigenvalue weighted by molar-refractivity contribution is 0.681. The number of aryl methyl sites for hydroxylation is 2. The molecule has 3 aliphatic rings. The molecule has 1 aliphatic heterocycles. The molecule has 0 fully saturated rings. The highest BCUT2D eigenvalue weighted by molar-refractivity contribution is 5.93. The summed E-state index contributed by atoms with van der Waals surface area (Å²) >= 11 is 0. The van der Waals surface area contributed by atoms with E-state index in [0.29, 0.717) is 0 Å². The van der Waals surface area contributed by atoms with Crippen LogP contribution in [-0.2, 0) is 5.41 Å². The van der Waals surface area contributed by atoms with Gasteiger partial charge in [0.2, 0.25) is 0 Å². The van der Waals surface area contributed by atoms with Crippen molar-refractivity contribution < 1.29 is 0 Å². The maximum Gasteiger partial charge on any atom is 0.0510 e. The Kier molecular flexibility index (Phi) is 9.54. The summed E-state index contributed by atoms with van der Waals surface area (Å²) in [6, 6.07) is 50.0. The molecule has 1 atom stereocenters. The Morgan fingerprint density at radius 2 is 1.22 bits per heavy atom. The molecule has 4 bridgehead atoms. The van der Waals surface area contributed by atoms with Crippen LogP contribution in [0.15, 0.2) is 211 Å². The average Bonchev–Trinajstić information content (AvgIpc) is 3.74. The molecule has 282 valence electrons. The molecular weight excluding hydrogens is 699 g/mol. The van der Waals surface area contributed by atoms with Gasteiger partial charge in [0.1, 0.15) is 0 Å². The van der Waals surface area contributed by atoms with Crippen LogP contribution in [0.25, 0.3) is 39.0 Å². The quantitative estimate of drug-likeness (QED) is 0.147. The highest BCUT2D eigenvalue weighted by Crippen LogP contribution is 2.62. The van der Waals surface area contributed by atoms with Gasteiger partial charge in [0, 0.05) is 17.1 Å². The van der Waals surface area contributed by atoms with E-state index in [2.05, 4.69) is 222 Å². The van der Waals surface area contributed by atoms with Gasteiger partial charge >= 0.3 is 0 Å². The van der Waals surface area contributed by atoms with E-state index in [4.69, 9.17) is 0 Å². The second kappa shape index (κ2) is 15.0. The third kappa shape index (κ3) is 6.01. The molecule has 58 heavy (non-hydrogen) atoms. The highest BCUT2D eigenvalue weighted by atomic mass is 15.1. The van der Waals surface area contributed by atoms with E-state index < -0.39 is 0 Å². The average molecular weight is 748 g/mol. The molecule has 1 heterocycles. The first-order valence-electron chi connectivity index (χ1n) is 20.5. The molecular formula is C57H49N. The Morgan fingerprint density at radius 1 is 0.586 bits per heavy atom. The molecule has 1 unspecified atom stereocenters. The number of nitrogens with zero attached hydrogens (tertiary/aromatic N) is 1. The monoisotopic (exact) mass is 747 g/mol. The summed E-state index contributed by atoms with van der Waals surface area (Å²) in [4.78, 5) is 2.45. The van der Waals surface area contributed by atoms with Gasteiger partial charge in [-0.05, 0) is 167 Å². The second-order valence-corrected chi connectivity index (χ2v) is 15.8. The largest absolute Gasteiger partial charge is 0.310 e. The molecule has 6 aromatic rings. The van der Waals surface area contributed by atoms with Crippen LogP contribution in [0.1, 0.15) is 60.6 Å². The summed E-state index contributed by atoms with van der Waals surface area (Å²) in [7, 11) is 0. The van der Waals surface area contributed by atoms with Crippen LogP contribution in [0.2, 0.25) is 0 Å². The molecule has 1 nitrogen and oxygen atoms in total. The molecule has 0 saturated heterocycles. The van der Waals surface area contributed by atoms with Crippen molar-refractivity contribution in [3.8, 4) is 33.4 Å². The topological polar surface area (TPSA) is 3.24 Å². The van der Waals surface area contributed by atoms with Crippen molar-refractivity contribution >= 4 is 16.9 Å². The summed E-state index contributed by atoms with van der Waals surface area (Å²) < 4.78 is 0. The molecule has 0 radical (unpaired) electrons. The number of benzene rings is 6. The van der Waals surface area contributed by atoms with Crippen molar-refractivity contribution in [3.05, 3.63) is 244 Å². The van der Waals surface area contributed by atoms with Crippen molar-refractivity contribution in [2.24, 2.45) is 0 Å². The van der Waals surface area contributed by atoms with Gasteiger partial charge in [0.05, 0.1) is 5.41 Å². The van der Waals surface area contributed by atoms with Crippen LogP contribution in [0.3, 0.4) is 0 Å². The Balaban J connectivity index is 1.26. The maximum absolute atomic E-state index is 4.22. The fourth-order valence-corrected chi connectivity index (χ4v) is 9.62. The predicted octanol–water partition coefficient (Wildman–Crippen LogP) is 15.4. The van der Waals surface area contributed by atoms with Crippen molar-refractivity contribution in [2.45, 2.75) is 46.5 Å². The second-order valence-electron chi connectivity index (χ2n) is 15.8. The summed E-state index contributed by atoms with van der Waals surface area (Å²) in [5, 5.41) is 0. The molecule has 1 heteroatoms. The van der Waals surface area contributed by atoms with Gasteiger partial charge in [-0.15, -0.1) is 0 Å². The van der Waals surface area contributed by atoms with Gasteiger partial charge in [0.15, 0.2) is 0 Å². The number of anilines is 2. The van der Waals surface area contributed by atoms with Crippen LogP contribution in [-0.4, -0.2) is 0 Å². The Labute approximate surface area is 344 Å². The van der Waals surface area contributed by atoms with Crippen LogP contribution in [0.4, 0.5) is 11.4 Å². The number of hydrogen-bond acceptors (Lipinski definition) is 1. The highest BCUT2D eigenvalue weighted by Gasteiger charge is 2.50. The molecule has 1 spiro atoms. The summed E-state index contributed by atoms with van der Waals surface area (Å²) in [5.74, 6) is 0. The van der Waals surface area contributed by atoms with Crippen LogP contribution in [0.5, 0.6) is 0 Å². The molecule has 0 N–H and O–H groups in total. The minimum atomic E-state index is -0.265. The zero-order valence-corrected chi connectivity index (χ0v) is 34.2. The maximum atomic E-state index is 4.22. The SMILES string of the molecule is C=CC(=C\C=C1/C(C)=C/C=C2\CC3(c4ccccc42)c2ccccc2-c2ccc(cc23)N1c1ccc(-c2ccc(C)c(-c3ccccc3C)c2)cc1)/C(/C=C\C)=C/C. The van der Waals surface area contributed by atoms with Crippen molar-refractivity contribution in [1.29, 1.82) is 0 Å². The molecule has 0 aromatic heterocycles. The van der Waals surface area contributed by atoms with Gasteiger partial charge in [-0.1, -0.05) is 152 Å². The lowest BCUT2D eigenvalue weighted by Crippen LogP contribution is -2.24. The third-order valence-electron chi connectivity index (χ3n) is 12.5. The van der Waals surface area contributed by atoms with E-state index in [1.807, 2.05) is 6.08 Å². The number of rotatable bonds is 7. The van der Waals surface area contributed by atoms with Crippen LogP contribution < -0.4 is 4.90 Å². The number of fused-ring (bicyclic) bond motifs is 6. The summed E-state index contributed by atoms with van der Waals surface area (Å²) in [6.45, 7) is 15.0. The lowest BCUT2D eigenvalue weighted by atomic mass is 9.73.